The number of aliphatic hydroxyl groups is 1. The van der Waals surface area contributed by atoms with Crippen LogP contribution in [0.5, 0.6) is 0 Å². The number of anilines is 1. The minimum absolute atomic E-state index is 0.148. The summed E-state index contributed by atoms with van der Waals surface area (Å²) in [5.74, 6) is -3.25. The number of aliphatic hydroxyl groups excluding tert-OH is 1. The quantitative estimate of drug-likeness (QED) is 0.218. The Morgan fingerprint density at radius 3 is 2.28 bits per heavy atom. The van der Waals surface area contributed by atoms with Crippen molar-refractivity contribution >= 4 is 40.6 Å². The minimum atomic E-state index is -1.12. The number of nitrogen functional groups attached to an aromatic ring is 1. The van der Waals surface area contributed by atoms with Crippen LogP contribution in [0.1, 0.15) is 15.9 Å². The minimum Gasteiger partial charge on any atom is -0.507 e. The number of nitrogens with two attached hydrogens (primary N) is 1. The van der Waals surface area contributed by atoms with E-state index in [0.29, 0.717) is 10.6 Å². The zero-order valence-electron chi connectivity index (χ0n) is 12.8. The van der Waals surface area contributed by atoms with Crippen LogP contribution in [0.2, 0.25) is 5.02 Å². The average Bonchev–Trinajstić information content (AvgIpc) is 2.60. The van der Waals surface area contributed by atoms with Gasteiger partial charge in [0.15, 0.2) is 0 Å². The standard InChI is InChI=1S/C17H14ClN3O4/c18-11-7-5-10(6-8-11)14(22)9-15(23)17(25)21-20-16(24)12-3-1-2-4-13(12)19/h1-9,22H,19H2,(H,20,24)(H,21,25)/b14-9-. The first kappa shape index (κ1) is 18.0. The zero-order valence-corrected chi connectivity index (χ0v) is 13.6. The van der Waals surface area contributed by atoms with Crippen LogP contribution in [0.15, 0.2) is 54.6 Å². The van der Waals surface area contributed by atoms with E-state index in [-0.39, 0.29) is 11.3 Å². The average molecular weight is 360 g/mol. The molecule has 0 aromatic heterocycles. The molecule has 0 saturated heterocycles. The van der Waals surface area contributed by atoms with Crippen LogP contribution < -0.4 is 16.6 Å². The zero-order chi connectivity index (χ0) is 18.4. The lowest BCUT2D eigenvalue weighted by Crippen LogP contribution is -2.44. The summed E-state index contributed by atoms with van der Waals surface area (Å²) in [6, 6.07) is 12.3. The van der Waals surface area contributed by atoms with E-state index in [1.807, 2.05) is 5.43 Å². The summed E-state index contributed by atoms with van der Waals surface area (Å²) in [6.45, 7) is 0. The van der Waals surface area contributed by atoms with Gasteiger partial charge in [-0.2, -0.15) is 0 Å². The normalized spacial score (nSPS) is 10.8. The number of hydrazine groups is 1. The molecule has 2 aromatic carbocycles. The maximum atomic E-state index is 11.9. The third-order valence-electron chi connectivity index (χ3n) is 3.13. The van der Waals surface area contributed by atoms with E-state index < -0.39 is 23.4 Å². The number of carbonyl (C=O) groups is 3. The molecule has 8 heteroatoms. The van der Waals surface area contributed by atoms with Gasteiger partial charge in [0.05, 0.1) is 5.56 Å². The van der Waals surface area contributed by atoms with Crippen molar-refractivity contribution in [1.82, 2.24) is 10.9 Å². The monoisotopic (exact) mass is 359 g/mol. The molecule has 0 spiro atoms. The molecule has 2 aromatic rings. The highest BCUT2D eigenvalue weighted by Crippen LogP contribution is 2.15. The molecule has 25 heavy (non-hydrogen) atoms. The third-order valence-corrected chi connectivity index (χ3v) is 3.38. The molecule has 0 radical (unpaired) electrons. The molecule has 0 aliphatic carbocycles. The lowest BCUT2D eigenvalue weighted by Gasteiger charge is -2.07. The molecule has 0 heterocycles. The Labute approximate surface area is 148 Å². The van der Waals surface area contributed by atoms with Crippen molar-refractivity contribution in [3.8, 4) is 0 Å². The SMILES string of the molecule is Nc1ccccc1C(=O)NNC(=O)C(=O)/C=C(\O)c1ccc(Cl)cc1. The molecule has 0 atom stereocenters. The highest BCUT2D eigenvalue weighted by Gasteiger charge is 2.15. The molecule has 0 unspecified atom stereocenters. The predicted octanol–water partition coefficient (Wildman–Crippen LogP) is 1.85. The molecule has 0 fully saturated rings. The van der Waals surface area contributed by atoms with Gasteiger partial charge in [-0.25, -0.2) is 0 Å². The van der Waals surface area contributed by atoms with Crippen LogP contribution in [-0.2, 0) is 9.59 Å². The van der Waals surface area contributed by atoms with E-state index in [2.05, 4.69) is 5.43 Å². The summed E-state index contributed by atoms with van der Waals surface area (Å²) in [7, 11) is 0. The van der Waals surface area contributed by atoms with Crippen molar-refractivity contribution in [2.75, 3.05) is 5.73 Å². The number of amides is 2. The molecule has 0 saturated carbocycles. The van der Waals surface area contributed by atoms with Gasteiger partial charge in [0.1, 0.15) is 5.76 Å². The first-order valence-electron chi connectivity index (χ1n) is 7.04. The smallest absolute Gasteiger partial charge is 0.310 e. The van der Waals surface area contributed by atoms with Crippen LogP contribution in [0.25, 0.3) is 5.76 Å². The van der Waals surface area contributed by atoms with Gasteiger partial charge in [0.2, 0.25) is 5.78 Å². The molecule has 2 rings (SSSR count). The topological polar surface area (TPSA) is 122 Å². The maximum absolute atomic E-state index is 11.9. The second-order valence-corrected chi connectivity index (χ2v) is 5.33. The van der Waals surface area contributed by atoms with Gasteiger partial charge in [0.25, 0.3) is 5.91 Å². The van der Waals surface area contributed by atoms with Gasteiger partial charge in [0, 0.05) is 22.3 Å². The van der Waals surface area contributed by atoms with Gasteiger partial charge in [-0.1, -0.05) is 23.7 Å². The van der Waals surface area contributed by atoms with Crippen molar-refractivity contribution in [2.24, 2.45) is 0 Å². The highest BCUT2D eigenvalue weighted by molar-refractivity contribution is 6.41. The summed E-state index contributed by atoms with van der Waals surface area (Å²) in [5, 5.41) is 10.3. The third kappa shape index (κ3) is 4.82. The molecule has 0 aliphatic heterocycles. The number of hydrogen-bond acceptors (Lipinski definition) is 5. The van der Waals surface area contributed by atoms with Crippen LogP contribution in [0.4, 0.5) is 5.69 Å². The number of ketones is 1. The molecule has 7 nitrogen and oxygen atoms in total. The fourth-order valence-electron chi connectivity index (χ4n) is 1.84. The summed E-state index contributed by atoms with van der Waals surface area (Å²) in [5.41, 5.74) is 10.3. The van der Waals surface area contributed by atoms with Gasteiger partial charge < -0.3 is 10.8 Å². The van der Waals surface area contributed by atoms with Crippen molar-refractivity contribution in [3.05, 3.63) is 70.8 Å². The number of halogens is 1. The van der Waals surface area contributed by atoms with Crippen LogP contribution in [0.3, 0.4) is 0 Å². The van der Waals surface area contributed by atoms with Gasteiger partial charge in [-0.3, -0.25) is 25.2 Å². The number of rotatable bonds is 4. The molecule has 128 valence electrons. The Bertz CT molecular complexity index is 847. The molecule has 0 bridgehead atoms. The number of carbonyl (C=O) groups excluding carboxylic acids is 3. The van der Waals surface area contributed by atoms with Crippen LogP contribution >= 0.6 is 11.6 Å². The maximum Gasteiger partial charge on any atom is 0.310 e. The molecular weight excluding hydrogens is 346 g/mol. The molecular formula is C17H14ClN3O4. The Hall–Kier alpha value is -3.32. The van der Waals surface area contributed by atoms with Crippen molar-refractivity contribution < 1.29 is 19.5 Å². The predicted molar refractivity (Wildman–Crippen MR) is 93.5 cm³/mol. The number of benzene rings is 2. The number of hydrogen-bond donors (Lipinski definition) is 4. The Kier molecular flexibility index (Phi) is 5.75. The van der Waals surface area contributed by atoms with Gasteiger partial charge in [-0.05, 0) is 36.4 Å². The lowest BCUT2D eigenvalue weighted by molar-refractivity contribution is -0.135. The molecule has 5 N–H and O–H groups in total. The van der Waals surface area contributed by atoms with Crippen LogP contribution in [-0.4, -0.2) is 22.7 Å². The highest BCUT2D eigenvalue weighted by atomic mass is 35.5. The molecule has 0 aliphatic rings. The lowest BCUT2D eigenvalue weighted by atomic mass is 10.1. The first-order valence-corrected chi connectivity index (χ1v) is 7.42. The first-order chi connectivity index (χ1) is 11.9. The summed E-state index contributed by atoms with van der Waals surface area (Å²) < 4.78 is 0. The Morgan fingerprint density at radius 1 is 1.00 bits per heavy atom. The fourth-order valence-corrected chi connectivity index (χ4v) is 1.97. The summed E-state index contributed by atoms with van der Waals surface area (Å²) in [6.07, 6.45) is 0.738. The van der Waals surface area contributed by atoms with E-state index in [0.717, 1.165) is 6.08 Å². The Morgan fingerprint density at radius 2 is 1.64 bits per heavy atom. The second-order valence-electron chi connectivity index (χ2n) is 4.90. The number of nitrogens with one attached hydrogen (secondary N) is 2. The fraction of sp³-hybridized carbons (Fsp3) is 0. The van der Waals surface area contributed by atoms with E-state index in [1.165, 1.54) is 36.4 Å². The van der Waals surface area contributed by atoms with E-state index in [9.17, 15) is 19.5 Å². The summed E-state index contributed by atoms with van der Waals surface area (Å²) >= 11 is 5.72. The van der Waals surface area contributed by atoms with E-state index in [1.54, 1.807) is 12.1 Å². The second kappa shape index (κ2) is 7.98. The molecule has 2 amide bonds. The number of para-hydroxylation sites is 1. The summed E-state index contributed by atoms with van der Waals surface area (Å²) in [4.78, 5) is 35.3. The van der Waals surface area contributed by atoms with Crippen molar-refractivity contribution in [2.45, 2.75) is 0 Å². The van der Waals surface area contributed by atoms with E-state index in [4.69, 9.17) is 17.3 Å². The van der Waals surface area contributed by atoms with Crippen molar-refractivity contribution in [1.29, 1.82) is 0 Å². The van der Waals surface area contributed by atoms with Gasteiger partial charge in [-0.15, -0.1) is 0 Å². The van der Waals surface area contributed by atoms with Crippen molar-refractivity contribution in [3.63, 3.8) is 0 Å². The van der Waals surface area contributed by atoms with Crippen LogP contribution in [0, 0.1) is 0 Å². The Balaban J connectivity index is 1.97. The largest absolute Gasteiger partial charge is 0.507 e. The van der Waals surface area contributed by atoms with Gasteiger partial charge >= 0.3 is 5.91 Å². The van der Waals surface area contributed by atoms with E-state index >= 15 is 0 Å².